The Kier molecular flexibility index (Phi) is 4.42. The van der Waals surface area contributed by atoms with Crippen LogP contribution in [-0.2, 0) is 0 Å². The SMILES string of the molecule is CCCOc1cncc(N2CC(C)NCC2C)c1. The molecular weight excluding hydrogens is 226 g/mol. The quantitative estimate of drug-likeness (QED) is 0.886. The number of rotatable bonds is 4. The molecule has 0 saturated carbocycles. The Morgan fingerprint density at radius 3 is 3.06 bits per heavy atom. The number of anilines is 1. The van der Waals surface area contributed by atoms with Crippen molar-refractivity contribution in [3.05, 3.63) is 18.5 Å². The zero-order valence-corrected chi connectivity index (χ0v) is 11.5. The minimum Gasteiger partial charge on any atom is -0.492 e. The molecule has 1 fully saturated rings. The first-order chi connectivity index (χ1) is 8.70. The second kappa shape index (κ2) is 6.05. The predicted octanol–water partition coefficient (Wildman–Crippen LogP) is 2.06. The lowest BCUT2D eigenvalue weighted by atomic mass is 10.1. The molecule has 1 N–H and O–H groups in total. The van der Waals surface area contributed by atoms with Gasteiger partial charge in [0.05, 0.1) is 24.7 Å². The molecule has 2 unspecified atom stereocenters. The zero-order valence-electron chi connectivity index (χ0n) is 11.5. The van der Waals surface area contributed by atoms with Crippen LogP contribution >= 0.6 is 0 Å². The Balaban J connectivity index is 2.11. The largest absolute Gasteiger partial charge is 0.492 e. The van der Waals surface area contributed by atoms with Crippen molar-refractivity contribution >= 4 is 5.69 Å². The number of ether oxygens (including phenoxy) is 1. The van der Waals surface area contributed by atoms with E-state index in [9.17, 15) is 0 Å². The molecule has 1 saturated heterocycles. The third-order valence-corrected chi connectivity index (χ3v) is 3.27. The number of piperazine rings is 1. The third kappa shape index (κ3) is 3.13. The summed E-state index contributed by atoms with van der Waals surface area (Å²) in [7, 11) is 0. The fourth-order valence-electron chi connectivity index (χ4n) is 2.24. The van der Waals surface area contributed by atoms with E-state index in [4.69, 9.17) is 4.74 Å². The van der Waals surface area contributed by atoms with Gasteiger partial charge in [0, 0.05) is 31.2 Å². The van der Waals surface area contributed by atoms with Gasteiger partial charge in [-0.2, -0.15) is 0 Å². The molecule has 0 bridgehead atoms. The average Bonchev–Trinajstić information content (AvgIpc) is 2.39. The molecule has 2 rings (SSSR count). The number of hydrogen-bond acceptors (Lipinski definition) is 4. The normalized spacial score (nSPS) is 24.1. The molecule has 2 heterocycles. The number of aromatic nitrogens is 1. The molecule has 2 atom stereocenters. The monoisotopic (exact) mass is 249 g/mol. The molecule has 1 aliphatic heterocycles. The summed E-state index contributed by atoms with van der Waals surface area (Å²) in [6, 6.07) is 3.10. The standard InChI is InChI=1S/C14H23N3O/c1-4-5-18-14-6-13(8-15-9-14)17-10-11(2)16-7-12(17)3/h6,8-9,11-12,16H,4-5,7,10H2,1-3H3. The van der Waals surface area contributed by atoms with Crippen LogP contribution in [0, 0.1) is 0 Å². The Hall–Kier alpha value is -1.29. The molecular formula is C14H23N3O. The Morgan fingerprint density at radius 2 is 2.28 bits per heavy atom. The van der Waals surface area contributed by atoms with Gasteiger partial charge in [0.15, 0.2) is 0 Å². The maximum atomic E-state index is 5.64. The summed E-state index contributed by atoms with van der Waals surface area (Å²) in [5, 5.41) is 3.49. The summed E-state index contributed by atoms with van der Waals surface area (Å²) < 4.78 is 5.64. The second-order valence-electron chi connectivity index (χ2n) is 5.04. The van der Waals surface area contributed by atoms with Crippen LogP contribution in [0.3, 0.4) is 0 Å². The van der Waals surface area contributed by atoms with E-state index in [1.54, 1.807) is 6.20 Å². The van der Waals surface area contributed by atoms with Crippen LogP contribution in [0.4, 0.5) is 5.69 Å². The molecule has 0 spiro atoms. The summed E-state index contributed by atoms with van der Waals surface area (Å²) in [5.74, 6) is 0.868. The highest BCUT2D eigenvalue weighted by Crippen LogP contribution is 2.23. The molecule has 0 aliphatic carbocycles. The van der Waals surface area contributed by atoms with Crippen molar-refractivity contribution < 1.29 is 4.74 Å². The van der Waals surface area contributed by atoms with Crippen LogP contribution < -0.4 is 15.0 Å². The van der Waals surface area contributed by atoms with Crippen molar-refractivity contribution in [1.29, 1.82) is 0 Å². The molecule has 1 aliphatic rings. The van der Waals surface area contributed by atoms with Gasteiger partial charge in [-0.25, -0.2) is 0 Å². The average molecular weight is 249 g/mol. The van der Waals surface area contributed by atoms with Gasteiger partial charge in [-0.3, -0.25) is 4.98 Å². The van der Waals surface area contributed by atoms with Gasteiger partial charge in [0.25, 0.3) is 0 Å². The Labute approximate surface area is 109 Å². The summed E-state index contributed by atoms with van der Waals surface area (Å²) in [5.41, 5.74) is 1.16. The van der Waals surface area contributed by atoms with Crippen molar-refractivity contribution in [3.63, 3.8) is 0 Å². The van der Waals surface area contributed by atoms with Gasteiger partial charge in [-0.05, 0) is 20.3 Å². The molecule has 0 amide bonds. The highest BCUT2D eigenvalue weighted by molar-refractivity contribution is 5.49. The minimum absolute atomic E-state index is 0.490. The number of pyridine rings is 1. The molecule has 1 aromatic rings. The van der Waals surface area contributed by atoms with Crippen molar-refractivity contribution in [2.24, 2.45) is 0 Å². The third-order valence-electron chi connectivity index (χ3n) is 3.27. The fourth-order valence-corrected chi connectivity index (χ4v) is 2.24. The van der Waals surface area contributed by atoms with E-state index in [-0.39, 0.29) is 0 Å². The first kappa shape index (κ1) is 13.1. The van der Waals surface area contributed by atoms with Crippen LogP contribution in [0.1, 0.15) is 27.2 Å². The topological polar surface area (TPSA) is 37.4 Å². The lowest BCUT2D eigenvalue weighted by Crippen LogP contribution is -2.54. The smallest absolute Gasteiger partial charge is 0.139 e. The van der Waals surface area contributed by atoms with Crippen LogP contribution in [-0.4, -0.2) is 36.8 Å². The first-order valence-electron chi connectivity index (χ1n) is 6.78. The molecule has 4 heteroatoms. The molecule has 0 aromatic carbocycles. The van der Waals surface area contributed by atoms with E-state index < -0.39 is 0 Å². The predicted molar refractivity (Wildman–Crippen MR) is 74.3 cm³/mol. The van der Waals surface area contributed by atoms with Crippen LogP contribution in [0.15, 0.2) is 18.5 Å². The van der Waals surface area contributed by atoms with Crippen LogP contribution in [0.2, 0.25) is 0 Å². The van der Waals surface area contributed by atoms with Gasteiger partial charge in [-0.1, -0.05) is 6.92 Å². The first-order valence-corrected chi connectivity index (χ1v) is 6.78. The van der Waals surface area contributed by atoms with E-state index in [2.05, 4.69) is 42.0 Å². The van der Waals surface area contributed by atoms with Crippen molar-refractivity contribution in [1.82, 2.24) is 10.3 Å². The zero-order chi connectivity index (χ0) is 13.0. The lowest BCUT2D eigenvalue weighted by Gasteiger charge is -2.39. The van der Waals surface area contributed by atoms with Gasteiger partial charge < -0.3 is 15.0 Å². The van der Waals surface area contributed by atoms with Crippen molar-refractivity contribution in [2.45, 2.75) is 39.3 Å². The summed E-state index contributed by atoms with van der Waals surface area (Å²) >= 11 is 0. The molecule has 0 radical (unpaired) electrons. The lowest BCUT2D eigenvalue weighted by molar-refractivity contribution is 0.316. The van der Waals surface area contributed by atoms with E-state index in [1.807, 2.05) is 6.20 Å². The summed E-state index contributed by atoms with van der Waals surface area (Å²) in [6.07, 6.45) is 4.73. The fraction of sp³-hybridized carbons (Fsp3) is 0.643. The highest BCUT2D eigenvalue weighted by Gasteiger charge is 2.22. The molecule has 100 valence electrons. The highest BCUT2D eigenvalue weighted by atomic mass is 16.5. The molecule has 4 nitrogen and oxygen atoms in total. The minimum atomic E-state index is 0.490. The van der Waals surface area contributed by atoms with Crippen LogP contribution in [0.5, 0.6) is 5.75 Å². The van der Waals surface area contributed by atoms with Crippen molar-refractivity contribution in [3.8, 4) is 5.75 Å². The second-order valence-corrected chi connectivity index (χ2v) is 5.04. The van der Waals surface area contributed by atoms with Gasteiger partial charge in [0.2, 0.25) is 0 Å². The number of nitrogens with zero attached hydrogens (tertiary/aromatic N) is 2. The summed E-state index contributed by atoms with van der Waals surface area (Å²) in [6.45, 7) is 9.33. The van der Waals surface area contributed by atoms with E-state index in [0.717, 1.165) is 37.6 Å². The number of nitrogens with one attached hydrogen (secondary N) is 1. The Morgan fingerprint density at radius 1 is 1.44 bits per heavy atom. The van der Waals surface area contributed by atoms with E-state index >= 15 is 0 Å². The van der Waals surface area contributed by atoms with Crippen molar-refractivity contribution in [2.75, 3.05) is 24.6 Å². The van der Waals surface area contributed by atoms with Crippen LogP contribution in [0.25, 0.3) is 0 Å². The maximum Gasteiger partial charge on any atom is 0.139 e. The van der Waals surface area contributed by atoms with Gasteiger partial charge >= 0.3 is 0 Å². The van der Waals surface area contributed by atoms with Gasteiger partial charge in [0.1, 0.15) is 5.75 Å². The molecule has 18 heavy (non-hydrogen) atoms. The van der Waals surface area contributed by atoms with E-state index in [0.29, 0.717) is 12.1 Å². The van der Waals surface area contributed by atoms with Gasteiger partial charge in [-0.15, -0.1) is 0 Å². The summed E-state index contributed by atoms with van der Waals surface area (Å²) in [4.78, 5) is 6.68. The maximum absolute atomic E-state index is 5.64. The number of hydrogen-bond donors (Lipinski definition) is 1. The molecule has 1 aromatic heterocycles. The Bertz CT molecular complexity index is 383. The van der Waals surface area contributed by atoms with E-state index in [1.165, 1.54) is 0 Å².